The molecule has 1 aromatic heterocycles. The van der Waals surface area contributed by atoms with Gasteiger partial charge in [0.25, 0.3) is 0 Å². The van der Waals surface area contributed by atoms with E-state index in [1.54, 1.807) is 25.3 Å². The predicted octanol–water partition coefficient (Wildman–Crippen LogP) is 3.34. The van der Waals surface area contributed by atoms with Crippen LogP contribution in [0.4, 0.5) is 5.82 Å². The van der Waals surface area contributed by atoms with Crippen molar-refractivity contribution in [2.75, 3.05) is 12.8 Å². The molecule has 2 N–H and O–H groups in total. The molecule has 0 bridgehead atoms. The van der Waals surface area contributed by atoms with Gasteiger partial charge in [-0.1, -0.05) is 17.7 Å². The summed E-state index contributed by atoms with van der Waals surface area (Å²) in [7, 11) is 1.57. The summed E-state index contributed by atoms with van der Waals surface area (Å²) < 4.78 is 5.15. The molecule has 2 aromatic carbocycles. The second kappa shape index (κ2) is 6.11. The second-order valence-corrected chi connectivity index (χ2v) is 5.46. The van der Waals surface area contributed by atoms with Crippen molar-refractivity contribution < 1.29 is 4.74 Å². The molecule has 114 valence electrons. The number of methoxy groups -OCH3 is 1. The van der Waals surface area contributed by atoms with Gasteiger partial charge in [0, 0.05) is 17.2 Å². The number of fused-ring (bicyclic) bond motifs is 1. The third kappa shape index (κ3) is 2.89. The molecule has 3 aromatic rings. The fraction of sp³-hybridized carbons (Fsp3) is 0.118. The maximum absolute atomic E-state index is 9.09. The molecule has 0 atom stereocenters. The van der Waals surface area contributed by atoms with Crippen molar-refractivity contribution in [2.45, 2.75) is 6.42 Å². The zero-order chi connectivity index (χ0) is 16.4. The quantitative estimate of drug-likeness (QED) is 0.798. The Morgan fingerprint density at radius 1 is 1.17 bits per heavy atom. The second-order valence-electron chi connectivity index (χ2n) is 5.05. The number of anilines is 1. The summed E-state index contributed by atoms with van der Waals surface area (Å²) >= 11 is 6.16. The monoisotopic (exact) mass is 324 g/mol. The van der Waals surface area contributed by atoms with E-state index in [1.807, 2.05) is 18.2 Å². The summed E-state index contributed by atoms with van der Waals surface area (Å²) in [5.41, 5.74) is 8.15. The summed E-state index contributed by atoms with van der Waals surface area (Å²) in [5, 5.41) is 19.4. The van der Waals surface area contributed by atoms with Crippen LogP contribution in [0, 0.1) is 11.3 Å². The van der Waals surface area contributed by atoms with E-state index in [-0.39, 0.29) is 0 Å². The fourth-order valence-corrected chi connectivity index (χ4v) is 2.72. The standard InChI is InChI=1S/C17H13ClN4O/c1-23-16-5-3-10(7-14(16)18)8-15-13-6-11(9-19)2-4-12(13)17(20)22-21-15/h2-7H,8H2,1H3,(H2,20,22). The zero-order valence-corrected chi connectivity index (χ0v) is 13.1. The highest BCUT2D eigenvalue weighted by Crippen LogP contribution is 2.28. The molecule has 0 fully saturated rings. The molecule has 3 rings (SSSR count). The van der Waals surface area contributed by atoms with Crippen LogP contribution < -0.4 is 10.5 Å². The Labute approximate surface area is 138 Å². The number of hydrogen-bond acceptors (Lipinski definition) is 5. The Kier molecular flexibility index (Phi) is 4.00. The zero-order valence-electron chi connectivity index (χ0n) is 12.4. The first-order valence-electron chi connectivity index (χ1n) is 6.89. The van der Waals surface area contributed by atoms with Gasteiger partial charge >= 0.3 is 0 Å². The van der Waals surface area contributed by atoms with E-state index in [0.717, 1.165) is 22.0 Å². The van der Waals surface area contributed by atoms with E-state index in [2.05, 4.69) is 16.3 Å². The third-order valence-electron chi connectivity index (χ3n) is 3.60. The number of benzene rings is 2. The number of rotatable bonds is 3. The molecule has 5 nitrogen and oxygen atoms in total. The van der Waals surface area contributed by atoms with E-state index >= 15 is 0 Å². The minimum Gasteiger partial charge on any atom is -0.495 e. The van der Waals surface area contributed by atoms with Crippen LogP contribution in [0.15, 0.2) is 36.4 Å². The van der Waals surface area contributed by atoms with Crippen LogP contribution in [0.5, 0.6) is 5.75 Å². The first kappa shape index (κ1) is 15.1. The highest BCUT2D eigenvalue weighted by atomic mass is 35.5. The number of nitriles is 1. The van der Waals surface area contributed by atoms with E-state index in [1.165, 1.54) is 0 Å². The number of nitrogens with two attached hydrogens (primary N) is 1. The molecule has 0 unspecified atom stereocenters. The Bertz CT molecular complexity index is 934. The van der Waals surface area contributed by atoms with Crippen LogP contribution in [0.1, 0.15) is 16.8 Å². The number of aromatic nitrogens is 2. The summed E-state index contributed by atoms with van der Waals surface area (Å²) in [5.74, 6) is 0.969. The van der Waals surface area contributed by atoms with Gasteiger partial charge in [-0.3, -0.25) is 0 Å². The number of nitrogens with zero attached hydrogens (tertiary/aromatic N) is 3. The van der Waals surface area contributed by atoms with Crippen LogP contribution >= 0.6 is 11.6 Å². The fourth-order valence-electron chi connectivity index (χ4n) is 2.44. The molecular formula is C17H13ClN4O. The third-order valence-corrected chi connectivity index (χ3v) is 3.90. The molecule has 0 saturated carbocycles. The van der Waals surface area contributed by atoms with E-state index < -0.39 is 0 Å². The van der Waals surface area contributed by atoms with Gasteiger partial charge in [-0.2, -0.15) is 10.4 Å². The van der Waals surface area contributed by atoms with Crippen LogP contribution in [-0.4, -0.2) is 17.3 Å². The average Bonchev–Trinajstić information content (AvgIpc) is 2.57. The number of halogens is 1. The predicted molar refractivity (Wildman–Crippen MR) is 89.5 cm³/mol. The Morgan fingerprint density at radius 2 is 2.00 bits per heavy atom. The molecular weight excluding hydrogens is 312 g/mol. The summed E-state index contributed by atoms with van der Waals surface area (Å²) in [6, 6.07) is 13.0. The van der Waals surface area contributed by atoms with Crippen LogP contribution in [-0.2, 0) is 6.42 Å². The highest BCUT2D eigenvalue weighted by Gasteiger charge is 2.10. The van der Waals surface area contributed by atoms with Crippen molar-refractivity contribution in [3.8, 4) is 11.8 Å². The topological polar surface area (TPSA) is 84.8 Å². The lowest BCUT2D eigenvalue weighted by atomic mass is 10.0. The van der Waals surface area contributed by atoms with Gasteiger partial charge in [0.15, 0.2) is 5.82 Å². The molecule has 0 aliphatic carbocycles. The first-order valence-corrected chi connectivity index (χ1v) is 7.27. The number of hydrogen-bond donors (Lipinski definition) is 1. The van der Waals surface area contributed by atoms with Crippen molar-refractivity contribution >= 4 is 28.2 Å². The Morgan fingerprint density at radius 3 is 2.70 bits per heavy atom. The maximum Gasteiger partial charge on any atom is 0.153 e. The van der Waals surface area contributed by atoms with Gasteiger partial charge in [0.05, 0.1) is 29.5 Å². The maximum atomic E-state index is 9.09. The number of ether oxygens (including phenoxy) is 1. The van der Waals surface area contributed by atoms with E-state index in [9.17, 15) is 0 Å². The van der Waals surface area contributed by atoms with Crippen molar-refractivity contribution in [1.82, 2.24) is 10.2 Å². The molecule has 23 heavy (non-hydrogen) atoms. The minimum absolute atomic E-state index is 0.348. The van der Waals surface area contributed by atoms with Crippen molar-refractivity contribution in [1.29, 1.82) is 5.26 Å². The molecule has 1 heterocycles. The van der Waals surface area contributed by atoms with Crippen molar-refractivity contribution in [3.63, 3.8) is 0 Å². The van der Waals surface area contributed by atoms with Gasteiger partial charge in [-0.15, -0.1) is 5.10 Å². The first-order chi connectivity index (χ1) is 11.1. The van der Waals surface area contributed by atoms with Crippen LogP contribution in [0.3, 0.4) is 0 Å². The molecule has 0 spiro atoms. The lowest BCUT2D eigenvalue weighted by Crippen LogP contribution is -2.01. The molecule has 0 radical (unpaired) electrons. The molecule has 0 amide bonds. The summed E-state index contributed by atoms with van der Waals surface area (Å²) in [6.07, 6.45) is 0.530. The van der Waals surface area contributed by atoms with E-state index in [4.69, 9.17) is 27.3 Å². The van der Waals surface area contributed by atoms with Crippen molar-refractivity contribution in [2.24, 2.45) is 0 Å². The SMILES string of the molecule is COc1ccc(Cc2nnc(N)c3ccc(C#N)cc23)cc1Cl. The Hall–Kier alpha value is -2.84. The van der Waals surface area contributed by atoms with E-state index in [0.29, 0.717) is 28.6 Å². The molecule has 0 saturated heterocycles. The lowest BCUT2D eigenvalue weighted by Gasteiger charge is -2.09. The minimum atomic E-state index is 0.348. The van der Waals surface area contributed by atoms with Gasteiger partial charge in [-0.25, -0.2) is 0 Å². The molecule has 0 aliphatic rings. The summed E-state index contributed by atoms with van der Waals surface area (Å²) in [4.78, 5) is 0. The average molecular weight is 325 g/mol. The smallest absolute Gasteiger partial charge is 0.153 e. The lowest BCUT2D eigenvalue weighted by molar-refractivity contribution is 0.415. The van der Waals surface area contributed by atoms with Gasteiger partial charge in [0.2, 0.25) is 0 Å². The molecule has 6 heteroatoms. The number of nitrogen functional groups attached to an aromatic ring is 1. The van der Waals surface area contributed by atoms with Crippen LogP contribution in [0.2, 0.25) is 5.02 Å². The van der Waals surface area contributed by atoms with Gasteiger partial charge < -0.3 is 10.5 Å². The molecule has 0 aliphatic heterocycles. The van der Waals surface area contributed by atoms with Crippen molar-refractivity contribution in [3.05, 3.63) is 58.2 Å². The normalized spacial score (nSPS) is 10.5. The van der Waals surface area contributed by atoms with Gasteiger partial charge in [0.1, 0.15) is 5.75 Å². The van der Waals surface area contributed by atoms with Crippen LogP contribution in [0.25, 0.3) is 10.8 Å². The largest absolute Gasteiger partial charge is 0.495 e. The summed E-state index contributed by atoms with van der Waals surface area (Å²) in [6.45, 7) is 0. The van der Waals surface area contributed by atoms with Gasteiger partial charge in [-0.05, 0) is 35.9 Å². The highest BCUT2D eigenvalue weighted by molar-refractivity contribution is 6.32. The Balaban J connectivity index is 2.08.